The molecule has 2 aromatic rings. The quantitative estimate of drug-likeness (QED) is 0.649. The molecule has 0 atom stereocenters. The average Bonchev–Trinajstić information content (AvgIpc) is 3.43. The highest BCUT2D eigenvalue weighted by atomic mass is 16.3. The number of furan rings is 1. The summed E-state index contributed by atoms with van der Waals surface area (Å²) >= 11 is 0. The van der Waals surface area contributed by atoms with Crippen molar-refractivity contribution < 1.29 is 14.0 Å². The Labute approximate surface area is 201 Å². The first kappa shape index (κ1) is 24.1. The smallest absolute Gasteiger partial charge is 0.239 e. The molecule has 0 bridgehead atoms. The number of rotatable bonds is 7. The number of anilines is 1. The van der Waals surface area contributed by atoms with Crippen molar-refractivity contribution in [3.8, 4) is 6.07 Å². The molecule has 0 unspecified atom stereocenters. The molecule has 1 aliphatic carbocycles. The van der Waals surface area contributed by atoms with Crippen molar-refractivity contribution in [1.29, 1.82) is 5.26 Å². The summed E-state index contributed by atoms with van der Waals surface area (Å²) in [5.74, 6) is 1.53. The minimum atomic E-state index is -0.139. The molecule has 3 heterocycles. The molecule has 1 saturated carbocycles. The number of likely N-dealkylation sites (tertiary alicyclic amines) is 1. The molecule has 34 heavy (non-hydrogen) atoms. The summed E-state index contributed by atoms with van der Waals surface area (Å²) in [6.07, 6.45) is 8.89. The SMILES string of the molecule is Cc1c(C#N)c(NC(=O)CN2CCC(NC(=O)C3CCCCC3)CC2)n(Cc2ccco2)c1C. The predicted molar refractivity (Wildman–Crippen MR) is 129 cm³/mol. The van der Waals surface area contributed by atoms with E-state index >= 15 is 0 Å². The van der Waals surface area contributed by atoms with Gasteiger partial charge < -0.3 is 19.6 Å². The molecular formula is C26H35N5O3. The fourth-order valence-corrected chi connectivity index (χ4v) is 5.18. The Kier molecular flexibility index (Phi) is 7.73. The molecule has 2 amide bonds. The minimum absolute atomic E-state index is 0.139. The van der Waals surface area contributed by atoms with Crippen LogP contribution >= 0.6 is 0 Å². The lowest BCUT2D eigenvalue weighted by Crippen LogP contribution is -2.48. The zero-order valence-electron chi connectivity index (χ0n) is 20.2. The van der Waals surface area contributed by atoms with Gasteiger partial charge in [0.25, 0.3) is 0 Å². The van der Waals surface area contributed by atoms with Gasteiger partial charge in [0.1, 0.15) is 17.6 Å². The van der Waals surface area contributed by atoms with Gasteiger partial charge in [-0.25, -0.2) is 0 Å². The molecule has 1 aliphatic heterocycles. The van der Waals surface area contributed by atoms with Crippen LogP contribution in [0.3, 0.4) is 0 Å². The first-order chi connectivity index (χ1) is 16.5. The van der Waals surface area contributed by atoms with E-state index in [1.165, 1.54) is 6.42 Å². The third-order valence-corrected chi connectivity index (χ3v) is 7.37. The lowest BCUT2D eigenvalue weighted by Gasteiger charge is -2.33. The maximum absolute atomic E-state index is 12.9. The van der Waals surface area contributed by atoms with E-state index < -0.39 is 0 Å². The molecule has 2 aromatic heterocycles. The van der Waals surface area contributed by atoms with Crippen LogP contribution in [0.1, 0.15) is 67.5 Å². The van der Waals surface area contributed by atoms with E-state index in [0.29, 0.717) is 17.9 Å². The van der Waals surface area contributed by atoms with E-state index in [0.717, 1.165) is 68.6 Å². The van der Waals surface area contributed by atoms with Gasteiger partial charge in [0.2, 0.25) is 11.8 Å². The normalized spacial score (nSPS) is 17.9. The van der Waals surface area contributed by atoms with Gasteiger partial charge in [-0.05, 0) is 57.2 Å². The standard InChI is InChI=1S/C26H35N5O3/c1-18-19(2)31(16-22-9-6-14-34-22)25(23(18)15-27)29-24(32)17-30-12-10-21(11-13-30)28-26(33)20-7-4-3-5-8-20/h6,9,14,20-21H,3-5,7-8,10-13,16-17H2,1-2H3,(H,28,33)(H,29,32). The summed E-state index contributed by atoms with van der Waals surface area (Å²) in [6, 6.07) is 6.14. The predicted octanol–water partition coefficient (Wildman–Crippen LogP) is 3.72. The summed E-state index contributed by atoms with van der Waals surface area (Å²) in [4.78, 5) is 27.6. The molecule has 0 spiro atoms. The van der Waals surface area contributed by atoms with Gasteiger partial charge in [-0.2, -0.15) is 5.26 Å². The van der Waals surface area contributed by atoms with Crippen LogP contribution in [0.2, 0.25) is 0 Å². The second kappa shape index (κ2) is 10.9. The van der Waals surface area contributed by atoms with Crippen LogP contribution in [0.4, 0.5) is 5.82 Å². The lowest BCUT2D eigenvalue weighted by atomic mass is 9.88. The van der Waals surface area contributed by atoms with Crippen LogP contribution in [0, 0.1) is 31.1 Å². The number of hydrogen-bond donors (Lipinski definition) is 2. The van der Waals surface area contributed by atoms with Crippen molar-refractivity contribution in [3.05, 3.63) is 41.0 Å². The van der Waals surface area contributed by atoms with Crippen LogP contribution in [-0.4, -0.2) is 47.0 Å². The van der Waals surface area contributed by atoms with Crippen molar-refractivity contribution >= 4 is 17.6 Å². The summed E-state index contributed by atoms with van der Waals surface area (Å²) in [5.41, 5.74) is 2.28. The Hall–Kier alpha value is -3.05. The fourth-order valence-electron chi connectivity index (χ4n) is 5.18. The zero-order valence-corrected chi connectivity index (χ0v) is 20.2. The van der Waals surface area contributed by atoms with Crippen molar-refractivity contribution in [3.63, 3.8) is 0 Å². The summed E-state index contributed by atoms with van der Waals surface area (Å²) in [7, 11) is 0. The number of piperidine rings is 1. The zero-order chi connectivity index (χ0) is 24.1. The maximum Gasteiger partial charge on any atom is 0.239 e. The molecule has 2 aliphatic rings. The summed E-state index contributed by atoms with van der Waals surface area (Å²) in [6.45, 7) is 6.08. The van der Waals surface area contributed by atoms with Crippen molar-refractivity contribution in [1.82, 2.24) is 14.8 Å². The number of carbonyl (C=O) groups excluding carboxylic acids is 2. The molecule has 2 N–H and O–H groups in total. The van der Waals surface area contributed by atoms with Crippen LogP contribution in [0.15, 0.2) is 22.8 Å². The summed E-state index contributed by atoms with van der Waals surface area (Å²) in [5, 5.41) is 15.9. The van der Waals surface area contributed by atoms with Crippen LogP contribution in [0.5, 0.6) is 0 Å². The highest BCUT2D eigenvalue weighted by Crippen LogP contribution is 2.28. The number of amides is 2. The number of hydrogen-bond acceptors (Lipinski definition) is 5. The molecule has 8 heteroatoms. The number of nitrogens with one attached hydrogen (secondary N) is 2. The number of nitrogens with zero attached hydrogens (tertiary/aromatic N) is 3. The lowest BCUT2D eigenvalue weighted by molar-refractivity contribution is -0.127. The number of nitriles is 1. The maximum atomic E-state index is 12.9. The Bertz CT molecular complexity index is 1040. The Morgan fingerprint density at radius 1 is 1.15 bits per heavy atom. The van der Waals surface area contributed by atoms with Gasteiger partial charge in [-0.3, -0.25) is 14.5 Å². The van der Waals surface area contributed by atoms with Crippen molar-refractivity contribution in [2.45, 2.75) is 71.4 Å². The first-order valence-electron chi connectivity index (χ1n) is 12.4. The monoisotopic (exact) mass is 465 g/mol. The van der Waals surface area contributed by atoms with E-state index in [1.54, 1.807) is 6.26 Å². The highest BCUT2D eigenvalue weighted by Gasteiger charge is 2.27. The molecule has 0 radical (unpaired) electrons. The average molecular weight is 466 g/mol. The molecule has 0 aromatic carbocycles. The van der Waals surface area contributed by atoms with E-state index in [2.05, 4.69) is 21.6 Å². The second-order valence-electron chi connectivity index (χ2n) is 9.65. The van der Waals surface area contributed by atoms with E-state index in [9.17, 15) is 14.9 Å². The molecule has 2 fully saturated rings. The van der Waals surface area contributed by atoms with Crippen LogP contribution < -0.4 is 10.6 Å². The number of carbonyl (C=O) groups is 2. The van der Waals surface area contributed by atoms with Gasteiger partial charge in [0.15, 0.2) is 0 Å². The van der Waals surface area contributed by atoms with Gasteiger partial charge in [0.05, 0.1) is 24.9 Å². The Morgan fingerprint density at radius 2 is 1.88 bits per heavy atom. The Balaban J connectivity index is 1.32. The van der Waals surface area contributed by atoms with E-state index in [-0.39, 0.29) is 30.3 Å². The van der Waals surface area contributed by atoms with Crippen molar-refractivity contribution in [2.24, 2.45) is 5.92 Å². The van der Waals surface area contributed by atoms with Gasteiger partial charge in [0, 0.05) is 30.7 Å². The number of aromatic nitrogens is 1. The summed E-state index contributed by atoms with van der Waals surface area (Å²) < 4.78 is 7.41. The van der Waals surface area contributed by atoms with E-state index in [4.69, 9.17) is 4.42 Å². The van der Waals surface area contributed by atoms with E-state index in [1.807, 2.05) is 30.5 Å². The van der Waals surface area contributed by atoms with Gasteiger partial charge in [-0.15, -0.1) is 0 Å². The topological polar surface area (TPSA) is 103 Å². The second-order valence-corrected chi connectivity index (χ2v) is 9.65. The van der Waals surface area contributed by atoms with Crippen LogP contribution in [-0.2, 0) is 16.1 Å². The highest BCUT2D eigenvalue weighted by molar-refractivity contribution is 5.93. The molecule has 4 rings (SSSR count). The molecular weight excluding hydrogens is 430 g/mol. The van der Waals surface area contributed by atoms with Gasteiger partial charge in [-0.1, -0.05) is 19.3 Å². The third kappa shape index (κ3) is 5.53. The molecule has 1 saturated heterocycles. The third-order valence-electron chi connectivity index (χ3n) is 7.37. The fraction of sp³-hybridized carbons (Fsp3) is 0.577. The minimum Gasteiger partial charge on any atom is -0.467 e. The molecule has 8 nitrogen and oxygen atoms in total. The largest absolute Gasteiger partial charge is 0.467 e. The Morgan fingerprint density at radius 3 is 2.53 bits per heavy atom. The first-order valence-corrected chi connectivity index (χ1v) is 12.4. The molecule has 182 valence electrons. The van der Waals surface area contributed by atoms with Crippen LogP contribution in [0.25, 0.3) is 0 Å². The van der Waals surface area contributed by atoms with Gasteiger partial charge >= 0.3 is 0 Å². The van der Waals surface area contributed by atoms with Crippen molar-refractivity contribution in [2.75, 3.05) is 25.0 Å².